The molecule has 0 aromatic heterocycles. The molecule has 0 saturated carbocycles. The highest BCUT2D eigenvalue weighted by Gasteiger charge is 2.32. The lowest BCUT2D eigenvalue weighted by Crippen LogP contribution is -2.11. The van der Waals surface area contributed by atoms with Crippen LogP contribution in [0.3, 0.4) is 0 Å². The second kappa shape index (κ2) is 5.60. The van der Waals surface area contributed by atoms with E-state index in [1.54, 1.807) is 18.5 Å². The van der Waals surface area contributed by atoms with E-state index in [0.717, 1.165) is 0 Å². The van der Waals surface area contributed by atoms with Crippen LogP contribution in [0.15, 0.2) is 0 Å². The largest absolute Gasteiger partial charge is 0.0928 e. The molecule has 2 heteroatoms. The van der Waals surface area contributed by atoms with Gasteiger partial charge in [0.2, 0.25) is 0 Å². The normalized spacial score (nSPS) is 22.5. The standard InChI is InChI=1S/C10H21BrP/c1-12(10-6-3-7-11)8-4-2-5-9-12/h2-10H2,1H3/q+1. The Morgan fingerprint density at radius 1 is 1.08 bits per heavy atom. The molecule has 1 fully saturated rings. The lowest BCUT2D eigenvalue weighted by atomic mass is 10.3. The van der Waals surface area contributed by atoms with Gasteiger partial charge in [-0.05, 0) is 32.1 Å². The minimum atomic E-state index is -0.414. The molecule has 1 rings (SSSR count). The second-order valence-corrected chi connectivity index (χ2v) is 9.62. The zero-order chi connectivity index (χ0) is 8.86. The number of hydrogen-bond acceptors (Lipinski definition) is 0. The van der Waals surface area contributed by atoms with Gasteiger partial charge in [0.15, 0.2) is 0 Å². The summed E-state index contributed by atoms with van der Waals surface area (Å²) in [5.41, 5.74) is 0. The summed E-state index contributed by atoms with van der Waals surface area (Å²) in [7, 11) is -0.414. The van der Waals surface area contributed by atoms with Crippen molar-refractivity contribution in [2.45, 2.75) is 32.1 Å². The molecule has 0 radical (unpaired) electrons. The van der Waals surface area contributed by atoms with Crippen molar-refractivity contribution < 1.29 is 0 Å². The molecule has 0 bridgehead atoms. The third kappa shape index (κ3) is 3.75. The van der Waals surface area contributed by atoms with Gasteiger partial charge in [-0.1, -0.05) is 15.9 Å². The van der Waals surface area contributed by atoms with E-state index >= 15 is 0 Å². The summed E-state index contributed by atoms with van der Waals surface area (Å²) >= 11 is 3.50. The van der Waals surface area contributed by atoms with Crippen molar-refractivity contribution >= 4 is 23.2 Å². The maximum atomic E-state index is 3.50. The van der Waals surface area contributed by atoms with Gasteiger partial charge in [-0.2, -0.15) is 0 Å². The van der Waals surface area contributed by atoms with Gasteiger partial charge in [-0.25, -0.2) is 0 Å². The Bertz CT molecular complexity index is 119. The predicted octanol–water partition coefficient (Wildman–Crippen LogP) is 3.99. The molecule has 0 N–H and O–H groups in total. The van der Waals surface area contributed by atoms with Crippen molar-refractivity contribution in [3.63, 3.8) is 0 Å². The summed E-state index contributed by atoms with van der Waals surface area (Å²) in [6, 6.07) is 0. The van der Waals surface area contributed by atoms with Crippen molar-refractivity contribution in [1.82, 2.24) is 0 Å². The van der Waals surface area contributed by atoms with E-state index in [0.29, 0.717) is 0 Å². The molecule has 0 atom stereocenters. The quantitative estimate of drug-likeness (QED) is 0.403. The summed E-state index contributed by atoms with van der Waals surface area (Å²) in [6.07, 6.45) is 12.2. The second-order valence-electron chi connectivity index (χ2n) is 4.25. The van der Waals surface area contributed by atoms with Gasteiger partial charge in [0.05, 0.1) is 18.5 Å². The summed E-state index contributed by atoms with van der Waals surface area (Å²) in [4.78, 5) is 0. The summed E-state index contributed by atoms with van der Waals surface area (Å²) in [5.74, 6) is 0. The van der Waals surface area contributed by atoms with Crippen molar-refractivity contribution in [2.75, 3.05) is 30.5 Å². The Hall–Kier alpha value is 0.910. The average molecular weight is 252 g/mol. The molecule has 0 aromatic rings. The molecule has 0 aromatic carbocycles. The van der Waals surface area contributed by atoms with Crippen LogP contribution in [0, 0.1) is 0 Å². The first-order valence-corrected chi connectivity index (χ1v) is 9.08. The van der Waals surface area contributed by atoms with E-state index in [9.17, 15) is 0 Å². The third-order valence-corrected chi connectivity index (χ3v) is 7.73. The summed E-state index contributed by atoms with van der Waals surface area (Å²) < 4.78 is 0. The lowest BCUT2D eigenvalue weighted by molar-refractivity contribution is 0.739. The van der Waals surface area contributed by atoms with Gasteiger partial charge in [0, 0.05) is 19.3 Å². The molecule has 0 nitrogen and oxygen atoms in total. The molecule has 0 amide bonds. The van der Waals surface area contributed by atoms with Gasteiger partial charge < -0.3 is 0 Å². The van der Waals surface area contributed by atoms with Crippen LogP contribution in [-0.2, 0) is 0 Å². The SMILES string of the molecule is C[P+]1(CCCCBr)CCCCC1. The van der Waals surface area contributed by atoms with Crippen LogP contribution in [0.4, 0.5) is 0 Å². The van der Waals surface area contributed by atoms with E-state index in [2.05, 4.69) is 22.6 Å². The highest BCUT2D eigenvalue weighted by atomic mass is 79.9. The number of hydrogen-bond donors (Lipinski definition) is 0. The Kier molecular flexibility index (Phi) is 5.13. The molecular weight excluding hydrogens is 231 g/mol. The summed E-state index contributed by atoms with van der Waals surface area (Å²) in [6.45, 7) is 2.60. The molecular formula is C10H21BrP+. The average Bonchev–Trinajstić information content (AvgIpc) is 2.06. The fourth-order valence-electron chi connectivity index (χ4n) is 2.09. The minimum Gasteiger partial charge on any atom is -0.0928 e. The van der Waals surface area contributed by atoms with Crippen LogP contribution in [0.2, 0.25) is 0 Å². The fourth-order valence-corrected chi connectivity index (χ4v) is 6.12. The first kappa shape index (κ1) is 11.0. The Balaban J connectivity index is 2.17. The molecule has 12 heavy (non-hydrogen) atoms. The minimum absolute atomic E-state index is 0.414. The topological polar surface area (TPSA) is 0 Å². The zero-order valence-electron chi connectivity index (χ0n) is 8.19. The monoisotopic (exact) mass is 251 g/mol. The van der Waals surface area contributed by atoms with E-state index in [1.165, 1.54) is 37.4 Å². The number of halogens is 1. The highest BCUT2D eigenvalue weighted by molar-refractivity contribution is 9.09. The fraction of sp³-hybridized carbons (Fsp3) is 1.00. The van der Waals surface area contributed by atoms with Crippen LogP contribution in [-0.4, -0.2) is 30.5 Å². The van der Waals surface area contributed by atoms with Crippen molar-refractivity contribution in [3.8, 4) is 0 Å². The highest BCUT2D eigenvalue weighted by Crippen LogP contribution is 2.59. The molecule has 0 aliphatic carbocycles. The van der Waals surface area contributed by atoms with E-state index in [-0.39, 0.29) is 0 Å². The molecule has 1 aliphatic rings. The molecule has 1 heterocycles. The van der Waals surface area contributed by atoms with E-state index < -0.39 is 7.26 Å². The number of rotatable bonds is 4. The Morgan fingerprint density at radius 2 is 1.75 bits per heavy atom. The van der Waals surface area contributed by atoms with E-state index in [4.69, 9.17) is 0 Å². The maximum Gasteiger partial charge on any atom is 0.0591 e. The lowest BCUT2D eigenvalue weighted by Gasteiger charge is -2.26. The van der Waals surface area contributed by atoms with Gasteiger partial charge >= 0.3 is 0 Å². The number of alkyl halides is 1. The van der Waals surface area contributed by atoms with Gasteiger partial charge in [-0.15, -0.1) is 0 Å². The molecule has 0 unspecified atom stereocenters. The van der Waals surface area contributed by atoms with Gasteiger partial charge in [0.25, 0.3) is 0 Å². The molecule has 1 aliphatic heterocycles. The Morgan fingerprint density at radius 3 is 2.33 bits per heavy atom. The van der Waals surface area contributed by atoms with Crippen molar-refractivity contribution in [3.05, 3.63) is 0 Å². The molecule has 72 valence electrons. The van der Waals surface area contributed by atoms with Gasteiger partial charge in [-0.3, -0.25) is 0 Å². The van der Waals surface area contributed by atoms with Crippen LogP contribution in [0.1, 0.15) is 32.1 Å². The zero-order valence-corrected chi connectivity index (χ0v) is 10.7. The Labute approximate surface area is 86.0 Å². The smallest absolute Gasteiger partial charge is 0.0591 e. The summed E-state index contributed by atoms with van der Waals surface area (Å²) in [5, 5.41) is 1.20. The maximum absolute atomic E-state index is 3.50. The molecule has 1 saturated heterocycles. The first-order valence-electron chi connectivity index (χ1n) is 5.16. The van der Waals surface area contributed by atoms with Crippen LogP contribution in [0.25, 0.3) is 0 Å². The van der Waals surface area contributed by atoms with E-state index in [1.807, 2.05) is 0 Å². The van der Waals surface area contributed by atoms with Gasteiger partial charge in [0.1, 0.15) is 0 Å². The third-order valence-electron chi connectivity index (χ3n) is 2.98. The van der Waals surface area contributed by atoms with Crippen LogP contribution in [0.5, 0.6) is 0 Å². The molecule has 0 spiro atoms. The first-order chi connectivity index (χ1) is 5.77. The number of unbranched alkanes of at least 4 members (excludes halogenated alkanes) is 1. The van der Waals surface area contributed by atoms with Crippen LogP contribution < -0.4 is 0 Å². The predicted molar refractivity (Wildman–Crippen MR) is 64.3 cm³/mol. The van der Waals surface area contributed by atoms with Crippen molar-refractivity contribution in [1.29, 1.82) is 0 Å². The van der Waals surface area contributed by atoms with Crippen LogP contribution >= 0.6 is 23.2 Å². The van der Waals surface area contributed by atoms with Crippen molar-refractivity contribution in [2.24, 2.45) is 0 Å².